The lowest BCUT2D eigenvalue weighted by molar-refractivity contribution is 0.439. The van der Waals surface area contributed by atoms with Crippen molar-refractivity contribution in [3.05, 3.63) is 24.2 Å². The number of hydrogen-bond donors (Lipinski definition) is 1. The zero-order chi connectivity index (χ0) is 11.1. The Bertz CT molecular complexity index is 479. The molecule has 0 aromatic carbocycles. The summed E-state index contributed by atoms with van der Waals surface area (Å²) in [6, 6.07) is 2.03. The van der Waals surface area contributed by atoms with Crippen molar-refractivity contribution in [3.63, 3.8) is 0 Å². The van der Waals surface area contributed by atoms with E-state index < -0.39 is 0 Å². The molecule has 0 aliphatic heterocycles. The second-order valence-corrected chi connectivity index (χ2v) is 4.72. The molecule has 0 atom stereocenters. The maximum atomic E-state index is 5.97. The fourth-order valence-electron chi connectivity index (χ4n) is 1.60. The van der Waals surface area contributed by atoms with Crippen LogP contribution in [0.1, 0.15) is 19.4 Å². The molecule has 0 radical (unpaired) electrons. The number of fused-ring (bicyclic) bond motifs is 1. The lowest BCUT2D eigenvalue weighted by Gasteiger charge is -2.18. The predicted molar refractivity (Wildman–Crippen MR) is 60.5 cm³/mol. The molecule has 15 heavy (non-hydrogen) atoms. The maximum Gasteiger partial charge on any atom is 0.159 e. The lowest BCUT2D eigenvalue weighted by atomic mass is 10.1. The minimum atomic E-state index is -0.250. The minimum absolute atomic E-state index is 0.250. The molecule has 4 nitrogen and oxygen atoms in total. The SMILES string of the molecule is Cc1cnc2c(c1)ncn2CC(C)(C)N. The molecular weight excluding hydrogens is 188 g/mol. The van der Waals surface area contributed by atoms with E-state index in [-0.39, 0.29) is 5.54 Å². The van der Waals surface area contributed by atoms with Gasteiger partial charge in [-0.1, -0.05) is 0 Å². The molecule has 0 amide bonds. The van der Waals surface area contributed by atoms with Crippen LogP contribution < -0.4 is 5.73 Å². The van der Waals surface area contributed by atoms with Gasteiger partial charge in [0, 0.05) is 18.3 Å². The largest absolute Gasteiger partial charge is 0.324 e. The smallest absolute Gasteiger partial charge is 0.159 e. The van der Waals surface area contributed by atoms with Gasteiger partial charge in [-0.3, -0.25) is 0 Å². The number of aryl methyl sites for hydroxylation is 1. The molecule has 80 valence electrons. The molecule has 2 N–H and O–H groups in total. The van der Waals surface area contributed by atoms with Gasteiger partial charge in [-0.15, -0.1) is 0 Å². The summed E-state index contributed by atoms with van der Waals surface area (Å²) in [5.74, 6) is 0. The summed E-state index contributed by atoms with van der Waals surface area (Å²) < 4.78 is 1.99. The molecule has 2 rings (SSSR count). The fraction of sp³-hybridized carbons (Fsp3) is 0.455. The van der Waals surface area contributed by atoms with E-state index in [0.29, 0.717) is 0 Å². The van der Waals surface area contributed by atoms with Crippen LogP contribution in [0.3, 0.4) is 0 Å². The van der Waals surface area contributed by atoms with Gasteiger partial charge in [0.1, 0.15) is 5.52 Å². The Hall–Kier alpha value is -1.42. The van der Waals surface area contributed by atoms with Crippen LogP contribution in [-0.4, -0.2) is 20.1 Å². The van der Waals surface area contributed by atoms with Gasteiger partial charge in [-0.25, -0.2) is 9.97 Å². The van der Waals surface area contributed by atoms with Crippen LogP contribution in [0.5, 0.6) is 0 Å². The van der Waals surface area contributed by atoms with Gasteiger partial charge in [0.2, 0.25) is 0 Å². The molecule has 0 unspecified atom stereocenters. The van der Waals surface area contributed by atoms with Crippen molar-refractivity contribution >= 4 is 11.2 Å². The Morgan fingerprint density at radius 2 is 2.13 bits per heavy atom. The van der Waals surface area contributed by atoms with Gasteiger partial charge in [0.25, 0.3) is 0 Å². The summed E-state index contributed by atoms with van der Waals surface area (Å²) in [5.41, 5.74) is 8.68. The summed E-state index contributed by atoms with van der Waals surface area (Å²) in [4.78, 5) is 8.68. The van der Waals surface area contributed by atoms with Crippen LogP contribution in [0.4, 0.5) is 0 Å². The Morgan fingerprint density at radius 3 is 2.80 bits per heavy atom. The highest BCUT2D eigenvalue weighted by molar-refractivity contribution is 5.71. The molecule has 2 aromatic heterocycles. The van der Waals surface area contributed by atoms with Crippen LogP contribution in [0.15, 0.2) is 18.6 Å². The molecule has 0 saturated heterocycles. The van der Waals surface area contributed by atoms with Crippen molar-refractivity contribution < 1.29 is 0 Å². The van der Waals surface area contributed by atoms with Crippen LogP contribution in [0, 0.1) is 6.92 Å². The Labute approximate surface area is 89.1 Å². The third kappa shape index (κ3) is 2.15. The highest BCUT2D eigenvalue weighted by Crippen LogP contribution is 2.13. The van der Waals surface area contributed by atoms with Crippen molar-refractivity contribution in [2.75, 3.05) is 0 Å². The second kappa shape index (κ2) is 3.31. The summed E-state index contributed by atoms with van der Waals surface area (Å²) >= 11 is 0. The van der Waals surface area contributed by atoms with Crippen LogP contribution >= 0.6 is 0 Å². The number of aromatic nitrogens is 3. The van der Waals surface area contributed by atoms with E-state index in [1.54, 1.807) is 6.33 Å². The van der Waals surface area contributed by atoms with E-state index in [4.69, 9.17) is 5.73 Å². The van der Waals surface area contributed by atoms with Gasteiger partial charge >= 0.3 is 0 Å². The average molecular weight is 204 g/mol. The number of pyridine rings is 1. The first-order valence-corrected chi connectivity index (χ1v) is 5.02. The topological polar surface area (TPSA) is 56.7 Å². The van der Waals surface area contributed by atoms with E-state index in [0.717, 1.165) is 23.3 Å². The zero-order valence-electron chi connectivity index (χ0n) is 9.36. The van der Waals surface area contributed by atoms with Crippen LogP contribution in [0.25, 0.3) is 11.2 Å². The fourth-order valence-corrected chi connectivity index (χ4v) is 1.60. The van der Waals surface area contributed by atoms with Crippen molar-refractivity contribution in [1.29, 1.82) is 0 Å². The lowest BCUT2D eigenvalue weighted by Crippen LogP contribution is -2.36. The van der Waals surface area contributed by atoms with E-state index in [1.165, 1.54) is 0 Å². The third-order valence-corrected chi connectivity index (χ3v) is 2.17. The van der Waals surface area contributed by atoms with Gasteiger partial charge in [0.15, 0.2) is 5.65 Å². The zero-order valence-corrected chi connectivity index (χ0v) is 9.36. The van der Waals surface area contributed by atoms with Crippen molar-refractivity contribution in [2.24, 2.45) is 5.73 Å². The maximum absolute atomic E-state index is 5.97. The van der Waals surface area contributed by atoms with Crippen LogP contribution in [0.2, 0.25) is 0 Å². The summed E-state index contributed by atoms with van der Waals surface area (Å²) in [5, 5.41) is 0. The molecule has 0 saturated carbocycles. The van der Waals surface area contributed by atoms with E-state index >= 15 is 0 Å². The molecule has 0 spiro atoms. The van der Waals surface area contributed by atoms with Crippen molar-refractivity contribution in [2.45, 2.75) is 32.9 Å². The molecule has 0 bridgehead atoms. The van der Waals surface area contributed by atoms with Gasteiger partial charge in [0.05, 0.1) is 6.33 Å². The van der Waals surface area contributed by atoms with E-state index in [9.17, 15) is 0 Å². The summed E-state index contributed by atoms with van der Waals surface area (Å²) in [7, 11) is 0. The standard InChI is InChI=1S/C11H16N4/c1-8-4-9-10(13-5-8)15(7-14-9)6-11(2,3)12/h4-5,7H,6,12H2,1-3H3. The number of rotatable bonds is 2. The summed E-state index contributed by atoms with van der Waals surface area (Å²) in [6.45, 7) is 6.72. The van der Waals surface area contributed by atoms with E-state index in [1.807, 2.05) is 37.6 Å². The van der Waals surface area contributed by atoms with E-state index in [2.05, 4.69) is 9.97 Å². The average Bonchev–Trinajstić information content (AvgIpc) is 2.45. The first-order valence-electron chi connectivity index (χ1n) is 5.02. The Morgan fingerprint density at radius 1 is 1.40 bits per heavy atom. The molecule has 0 aliphatic carbocycles. The Kier molecular flexibility index (Phi) is 2.23. The van der Waals surface area contributed by atoms with Crippen molar-refractivity contribution in [1.82, 2.24) is 14.5 Å². The summed E-state index contributed by atoms with van der Waals surface area (Å²) in [6.07, 6.45) is 3.65. The number of imidazole rings is 1. The Balaban J connectivity index is 2.45. The van der Waals surface area contributed by atoms with Crippen molar-refractivity contribution in [3.8, 4) is 0 Å². The highest BCUT2D eigenvalue weighted by Gasteiger charge is 2.13. The number of nitrogens with two attached hydrogens (primary N) is 1. The first kappa shape index (κ1) is 10.1. The number of hydrogen-bond acceptors (Lipinski definition) is 3. The monoisotopic (exact) mass is 204 g/mol. The minimum Gasteiger partial charge on any atom is -0.324 e. The number of nitrogens with zero attached hydrogens (tertiary/aromatic N) is 3. The molecule has 0 aliphatic rings. The van der Waals surface area contributed by atoms with Gasteiger partial charge < -0.3 is 10.3 Å². The van der Waals surface area contributed by atoms with Gasteiger partial charge in [-0.2, -0.15) is 0 Å². The second-order valence-electron chi connectivity index (χ2n) is 4.72. The molecule has 2 heterocycles. The third-order valence-electron chi connectivity index (χ3n) is 2.17. The molecule has 0 fully saturated rings. The predicted octanol–water partition coefficient (Wildman–Crippen LogP) is 1.48. The quantitative estimate of drug-likeness (QED) is 0.806. The normalized spacial score (nSPS) is 12.3. The van der Waals surface area contributed by atoms with Gasteiger partial charge in [-0.05, 0) is 32.4 Å². The molecular formula is C11H16N4. The molecule has 2 aromatic rings. The van der Waals surface area contributed by atoms with Crippen LogP contribution in [-0.2, 0) is 6.54 Å². The first-order chi connectivity index (χ1) is 6.96. The highest BCUT2D eigenvalue weighted by atomic mass is 15.1. The molecule has 4 heteroatoms.